The molecule has 2 unspecified atom stereocenters. The highest BCUT2D eigenvalue weighted by Crippen LogP contribution is 2.34. The number of aryl methyl sites for hydroxylation is 1. The standard InChI is InChI=1S/C20H25NO2/c1-3-17(16-12-13-21-14-16)22-19-10-6-7-11-20(19)23-18-9-5-4-8-15(18)2/h4-11,16-17,21H,3,12-14H2,1-2H3. The predicted molar refractivity (Wildman–Crippen MR) is 93.4 cm³/mol. The number of nitrogens with one attached hydrogen (secondary N) is 1. The van der Waals surface area contributed by atoms with Gasteiger partial charge in [0.15, 0.2) is 11.5 Å². The second-order valence-corrected chi connectivity index (χ2v) is 6.13. The second kappa shape index (κ2) is 7.51. The molecule has 0 aromatic heterocycles. The van der Waals surface area contributed by atoms with Gasteiger partial charge in [0.25, 0.3) is 0 Å². The molecule has 0 bridgehead atoms. The van der Waals surface area contributed by atoms with Gasteiger partial charge < -0.3 is 14.8 Å². The zero-order valence-corrected chi connectivity index (χ0v) is 13.9. The third-order valence-corrected chi connectivity index (χ3v) is 4.47. The zero-order chi connectivity index (χ0) is 16.1. The average Bonchev–Trinajstić information content (AvgIpc) is 3.10. The van der Waals surface area contributed by atoms with E-state index < -0.39 is 0 Å². The Hall–Kier alpha value is -2.00. The van der Waals surface area contributed by atoms with E-state index in [4.69, 9.17) is 9.47 Å². The van der Waals surface area contributed by atoms with Crippen molar-refractivity contribution < 1.29 is 9.47 Å². The van der Waals surface area contributed by atoms with Crippen LogP contribution in [-0.4, -0.2) is 19.2 Å². The molecule has 122 valence electrons. The van der Waals surface area contributed by atoms with Gasteiger partial charge in [-0.05, 0) is 50.1 Å². The molecule has 1 N–H and O–H groups in total. The third-order valence-electron chi connectivity index (χ3n) is 4.47. The highest BCUT2D eigenvalue weighted by molar-refractivity contribution is 5.44. The lowest BCUT2D eigenvalue weighted by Crippen LogP contribution is -2.28. The molecule has 1 aliphatic heterocycles. The van der Waals surface area contributed by atoms with Crippen molar-refractivity contribution in [3.8, 4) is 17.2 Å². The van der Waals surface area contributed by atoms with E-state index in [1.54, 1.807) is 0 Å². The Morgan fingerprint density at radius 3 is 2.39 bits per heavy atom. The summed E-state index contributed by atoms with van der Waals surface area (Å²) in [6.45, 7) is 6.37. The number of ether oxygens (including phenoxy) is 2. The fourth-order valence-electron chi connectivity index (χ4n) is 3.09. The van der Waals surface area contributed by atoms with Gasteiger partial charge in [0, 0.05) is 12.5 Å². The first-order chi connectivity index (χ1) is 11.3. The molecule has 0 amide bonds. The normalized spacial score (nSPS) is 18.6. The van der Waals surface area contributed by atoms with Crippen molar-refractivity contribution in [2.45, 2.75) is 32.8 Å². The summed E-state index contributed by atoms with van der Waals surface area (Å²) in [6, 6.07) is 16.0. The highest BCUT2D eigenvalue weighted by atomic mass is 16.5. The van der Waals surface area contributed by atoms with Gasteiger partial charge in [-0.25, -0.2) is 0 Å². The van der Waals surface area contributed by atoms with Crippen molar-refractivity contribution >= 4 is 0 Å². The molecule has 0 aliphatic carbocycles. The van der Waals surface area contributed by atoms with Gasteiger partial charge in [-0.1, -0.05) is 37.3 Å². The Balaban J connectivity index is 1.78. The molecular weight excluding hydrogens is 286 g/mol. The Kier molecular flexibility index (Phi) is 5.19. The summed E-state index contributed by atoms with van der Waals surface area (Å²) in [7, 11) is 0. The summed E-state index contributed by atoms with van der Waals surface area (Å²) in [5.74, 6) is 3.06. The Morgan fingerprint density at radius 1 is 1.04 bits per heavy atom. The quantitative estimate of drug-likeness (QED) is 0.848. The minimum absolute atomic E-state index is 0.228. The zero-order valence-electron chi connectivity index (χ0n) is 13.9. The molecule has 23 heavy (non-hydrogen) atoms. The SMILES string of the molecule is CCC(Oc1ccccc1Oc1ccccc1C)C1CCNC1. The number of benzene rings is 2. The van der Waals surface area contributed by atoms with Crippen LogP contribution < -0.4 is 14.8 Å². The molecule has 1 fully saturated rings. The van der Waals surface area contributed by atoms with Crippen molar-refractivity contribution in [1.29, 1.82) is 0 Å². The van der Waals surface area contributed by atoms with Gasteiger partial charge in [0.2, 0.25) is 0 Å². The first kappa shape index (κ1) is 15.9. The summed E-state index contributed by atoms with van der Waals surface area (Å²) in [5.41, 5.74) is 1.12. The van der Waals surface area contributed by atoms with Crippen LogP contribution in [-0.2, 0) is 0 Å². The summed E-state index contributed by atoms with van der Waals surface area (Å²) in [6.07, 6.45) is 2.41. The molecule has 3 heteroatoms. The molecule has 3 rings (SSSR count). The predicted octanol–water partition coefficient (Wildman–Crippen LogP) is 4.55. The minimum atomic E-state index is 0.228. The van der Waals surface area contributed by atoms with Gasteiger partial charge in [0.05, 0.1) is 0 Å². The number of rotatable bonds is 6. The van der Waals surface area contributed by atoms with Crippen molar-refractivity contribution in [2.24, 2.45) is 5.92 Å². The van der Waals surface area contributed by atoms with Crippen LogP contribution in [0.1, 0.15) is 25.3 Å². The van der Waals surface area contributed by atoms with Crippen molar-refractivity contribution in [3.05, 3.63) is 54.1 Å². The maximum atomic E-state index is 6.33. The summed E-state index contributed by atoms with van der Waals surface area (Å²) in [5, 5.41) is 3.42. The van der Waals surface area contributed by atoms with Crippen LogP contribution in [0.4, 0.5) is 0 Å². The van der Waals surface area contributed by atoms with E-state index in [2.05, 4.69) is 25.2 Å². The Morgan fingerprint density at radius 2 is 1.74 bits per heavy atom. The smallest absolute Gasteiger partial charge is 0.169 e. The summed E-state index contributed by atoms with van der Waals surface area (Å²) >= 11 is 0. The van der Waals surface area contributed by atoms with Crippen LogP contribution in [0.25, 0.3) is 0 Å². The van der Waals surface area contributed by atoms with Crippen molar-refractivity contribution in [3.63, 3.8) is 0 Å². The lowest BCUT2D eigenvalue weighted by atomic mass is 9.99. The molecule has 2 aromatic carbocycles. The fraction of sp³-hybridized carbons (Fsp3) is 0.400. The summed E-state index contributed by atoms with van der Waals surface area (Å²) in [4.78, 5) is 0. The van der Waals surface area contributed by atoms with Gasteiger partial charge in [-0.3, -0.25) is 0 Å². The third kappa shape index (κ3) is 3.85. The van der Waals surface area contributed by atoms with Crippen LogP contribution in [0.5, 0.6) is 17.2 Å². The molecule has 2 aromatic rings. The second-order valence-electron chi connectivity index (χ2n) is 6.13. The van der Waals surface area contributed by atoms with E-state index >= 15 is 0 Å². The lowest BCUT2D eigenvalue weighted by molar-refractivity contribution is 0.134. The molecule has 2 atom stereocenters. The molecular formula is C20H25NO2. The van der Waals surface area contributed by atoms with Crippen LogP contribution in [0.3, 0.4) is 0 Å². The Bertz CT molecular complexity index is 635. The van der Waals surface area contributed by atoms with E-state index in [1.165, 1.54) is 6.42 Å². The van der Waals surface area contributed by atoms with E-state index in [0.29, 0.717) is 5.92 Å². The molecule has 0 radical (unpaired) electrons. The fourth-order valence-corrected chi connectivity index (χ4v) is 3.09. The van der Waals surface area contributed by atoms with Crippen LogP contribution in [0.15, 0.2) is 48.5 Å². The van der Waals surface area contributed by atoms with Crippen molar-refractivity contribution in [1.82, 2.24) is 5.32 Å². The topological polar surface area (TPSA) is 30.5 Å². The largest absolute Gasteiger partial charge is 0.486 e. The molecule has 3 nitrogen and oxygen atoms in total. The highest BCUT2D eigenvalue weighted by Gasteiger charge is 2.25. The number of para-hydroxylation sites is 3. The van der Waals surface area contributed by atoms with Gasteiger partial charge in [0.1, 0.15) is 11.9 Å². The average molecular weight is 311 g/mol. The maximum absolute atomic E-state index is 6.33. The minimum Gasteiger partial charge on any atom is -0.486 e. The molecule has 1 aliphatic rings. The van der Waals surface area contributed by atoms with Crippen LogP contribution >= 0.6 is 0 Å². The van der Waals surface area contributed by atoms with Gasteiger partial charge in [-0.2, -0.15) is 0 Å². The molecule has 0 saturated carbocycles. The van der Waals surface area contributed by atoms with E-state index in [1.807, 2.05) is 42.5 Å². The van der Waals surface area contributed by atoms with E-state index in [9.17, 15) is 0 Å². The Labute approximate surface area is 138 Å². The van der Waals surface area contributed by atoms with E-state index in [0.717, 1.165) is 42.3 Å². The van der Waals surface area contributed by atoms with Crippen LogP contribution in [0.2, 0.25) is 0 Å². The van der Waals surface area contributed by atoms with Gasteiger partial charge >= 0.3 is 0 Å². The van der Waals surface area contributed by atoms with Crippen molar-refractivity contribution in [2.75, 3.05) is 13.1 Å². The molecule has 1 saturated heterocycles. The first-order valence-electron chi connectivity index (χ1n) is 8.48. The molecule has 1 heterocycles. The monoisotopic (exact) mass is 311 g/mol. The molecule has 0 spiro atoms. The van der Waals surface area contributed by atoms with Gasteiger partial charge in [-0.15, -0.1) is 0 Å². The summed E-state index contributed by atoms with van der Waals surface area (Å²) < 4.78 is 12.4. The van der Waals surface area contributed by atoms with E-state index in [-0.39, 0.29) is 6.10 Å². The maximum Gasteiger partial charge on any atom is 0.169 e. The number of hydrogen-bond acceptors (Lipinski definition) is 3. The van der Waals surface area contributed by atoms with Crippen LogP contribution in [0, 0.1) is 12.8 Å². The number of hydrogen-bond donors (Lipinski definition) is 1. The lowest BCUT2D eigenvalue weighted by Gasteiger charge is -2.24. The first-order valence-corrected chi connectivity index (χ1v) is 8.48.